The van der Waals surface area contributed by atoms with Gasteiger partial charge in [-0.15, -0.1) is 0 Å². The molecule has 1 unspecified atom stereocenters. The van der Waals surface area contributed by atoms with Crippen molar-refractivity contribution in [3.8, 4) is 0 Å². The molecule has 4 rings (SSSR count). The highest BCUT2D eigenvalue weighted by atomic mass is 16.5. The number of hydrogen-bond donors (Lipinski definition) is 1. The summed E-state index contributed by atoms with van der Waals surface area (Å²) in [6.07, 6.45) is 4.28. The molecule has 2 heterocycles. The van der Waals surface area contributed by atoms with Gasteiger partial charge in [0.05, 0.1) is 12.6 Å². The second kappa shape index (κ2) is 9.45. The van der Waals surface area contributed by atoms with Crippen molar-refractivity contribution >= 4 is 11.8 Å². The molecule has 32 heavy (non-hydrogen) atoms. The highest BCUT2D eigenvalue weighted by Gasteiger charge is 2.26. The van der Waals surface area contributed by atoms with Gasteiger partial charge in [0.25, 0.3) is 11.8 Å². The van der Waals surface area contributed by atoms with Gasteiger partial charge in [-0.3, -0.25) is 9.59 Å². The molecule has 2 aromatic rings. The van der Waals surface area contributed by atoms with Crippen molar-refractivity contribution in [3.05, 3.63) is 52.9 Å². The summed E-state index contributed by atoms with van der Waals surface area (Å²) >= 11 is 0. The highest BCUT2D eigenvalue weighted by molar-refractivity contribution is 5.94. The van der Waals surface area contributed by atoms with Gasteiger partial charge >= 0.3 is 0 Å². The Morgan fingerprint density at radius 2 is 1.91 bits per heavy atom. The molecule has 0 bridgehead atoms. The predicted molar refractivity (Wildman–Crippen MR) is 120 cm³/mol. The van der Waals surface area contributed by atoms with Crippen LogP contribution in [0.5, 0.6) is 0 Å². The topological polar surface area (TPSA) is 84.7 Å². The van der Waals surface area contributed by atoms with E-state index < -0.39 is 0 Å². The summed E-state index contributed by atoms with van der Waals surface area (Å²) < 4.78 is 11.2. The first-order chi connectivity index (χ1) is 15.3. The van der Waals surface area contributed by atoms with Crippen LogP contribution in [0.4, 0.5) is 0 Å². The number of benzene rings is 1. The first-order valence-electron chi connectivity index (χ1n) is 11.5. The largest absolute Gasteiger partial charge is 0.376 e. The summed E-state index contributed by atoms with van der Waals surface area (Å²) in [5, 5.41) is 6.80. The maximum Gasteiger partial charge on any atom is 0.273 e. The number of hydrogen-bond acceptors (Lipinski definition) is 5. The van der Waals surface area contributed by atoms with Crippen LogP contribution in [0.25, 0.3) is 0 Å². The minimum Gasteiger partial charge on any atom is -0.376 e. The molecule has 172 valence electrons. The molecule has 1 atom stereocenters. The second-order valence-corrected chi connectivity index (χ2v) is 9.98. The Morgan fingerprint density at radius 1 is 1.16 bits per heavy atom. The Labute approximate surface area is 189 Å². The quantitative estimate of drug-likeness (QED) is 0.674. The Bertz CT molecular complexity index is 935. The molecule has 7 heteroatoms. The van der Waals surface area contributed by atoms with Crippen LogP contribution >= 0.6 is 0 Å². The smallest absolute Gasteiger partial charge is 0.273 e. The van der Waals surface area contributed by atoms with Gasteiger partial charge in [-0.2, -0.15) is 0 Å². The van der Waals surface area contributed by atoms with E-state index in [-0.39, 0.29) is 35.6 Å². The van der Waals surface area contributed by atoms with Crippen molar-refractivity contribution in [1.82, 2.24) is 15.4 Å². The minimum atomic E-state index is -0.235. The molecule has 0 radical (unpaired) electrons. The van der Waals surface area contributed by atoms with E-state index >= 15 is 0 Å². The fourth-order valence-corrected chi connectivity index (χ4v) is 3.88. The zero-order chi connectivity index (χ0) is 22.7. The molecule has 1 saturated carbocycles. The molecule has 2 aliphatic rings. The van der Waals surface area contributed by atoms with Gasteiger partial charge in [0.15, 0.2) is 11.5 Å². The third-order valence-corrected chi connectivity index (χ3v) is 6.12. The van der Waals surface area contributed by atoms with Crippen LogP contribution in [0.15, 0.2) is 34.9 Å². The number of aromatic nitrogens is 1. The number of ether oxygens (including phenoxy) is 1. The summed E-state index contributed by atoms with van der Waals surface area (Å²) in [6.45, 7) is 8.56. The maximum atomic E-state index is 13.4. The van der Waals surface area contributed by atoms with Gasteiger partial charge in [0.1, 0.15) is 0 Å². The lowest BCUT2D eigenvalue weighted by molar-refractivity contribution is 0.0486. The van der Waals surface area contributed by atoms with Crippen molar-refractivity contribution in [3.63, 3.8) is 0 Å². The van der Waals surface area contributed by atoms with E-state index in [0.29, 0.717) is 30.3 Å². The summed E-state index contributed by atoms with van der Waals surface area (Å²) in [5.74, 6) is 0.757. The summed E-state index contributed by atoms with van der Waals surface area (Å²) in [7, 11) is 0. The van der Waals surface area contributed by atoms with Gasteiger partial charge in [-0.1, -0.05) is 38.1 Å². The highest BCUT2D eigenvalue weighted by Crippen LogP contribution is 2.27. The number of carbonyl (C=O) groups excluding carboxylic acids is 2. The van der Waals surface area contributed by atoms with Gasteiger partial charge in [-0.05, 0) is 54.7 Å². The van der Waals surface area contributed by atoms with Crippen LogP contribution in [0.3, 0.4) is 0 Å². The molecule has 1 saturated heterocycles. The molecule has 1 aromatic heterocycles. The molecule has 1 aliphatic heterocycles. The van der Waals surface area contributed by atoms with Crippen molar-refractivity contribution in [2.45, 2.75) is 64.5 Å². The van der Waals surface area contributed by atoms with Crippen LogP contribution in [0.2, 0.25) is 0 Å². The zero-order valence-corrected chi connectivity index (χ0v) is 19.2. The first-order valence-corrected chi connectivity index (χ1v) is 11.5. The molecule has 2 fully saturated rings. The van der Waals surface area contributed by atoms with Crippen LogP contribution < -0.4 is 5.32 Å². The van der Waals surface area contributed by atoms with E-state index in [1.165, 1.54) is 18.4 Å². The molecule has 0 spiro atoms. The van der Waals surface area contributed by atoms with Gasteiger partial charge in [0, 0.05) is 31.3 Å². The molecule has 2 amide bonds. The zero-order valence-electron chi connectivity index (χ0n) is 19.2. The van der Waals surface area contributed by atoms with E-state index in [4.69, 9.17) is 9.26 Å². The monoisotopic (exact) mass is 439 g/mol. The average Bonchev–Trinajstić information content (AvgIpc) is 3.23. The maximum absolute atomic E-state index is 13.4. The molecular formula is C25H33N3O4. The molecule has 1 aromatic carbocycles. The summed E-state index contributed by atoms with van der Waals surface area (Å²) in [4.78, 5) is 27.4. The Kier molecular flexibility index (Phi) is 6.65. The lowest BCUT2D eigenvalue weighted by Crippen LogP contribution is -2.37. The Balaban J connectivity index is 1.46. The van der Waals surface area contributed by atoms with Crippen LogP contribution in [0.1, 0.15) is 78.6 Å². The number of amides is 2. The van der Waals surface area contributed by atoms with Crippen LogP contribution in [0, 0.1) is 5.92 Å². The predicted octanol–water partition coefficient (Wildman–Crippen LogP) is 3.93. The van der Waals surface area contributed by atoms with Crippen molar-refractivity contribution in [2.24, 2.45) is 5.92 Å². The molecule has 7 nitrogen and oxygen atoms in total. The number of carbonyl (C=O) groups is 2. The first kappa shape index (κ1) is 22.5. The summed E-state index contributed by atoms with van der Waals surface area (Å²) in [5.41, 5.74) is 2.07. The molecule has 1 aliphatic carbocycles. The standard InChI is InChI=1S/C25H33N3O4/c1-25(2,3)19-10-8-18(9-11-19)24(30)28(15-20-5-4-12-31-20)16-21-13-22(27-32-21)23(29)26-14-17-6-7-17/h8-11,13,17,20H,4-7,12,14-16H2,1-3H3,(H,26,29). The average molecular weight is 440 g/mol. The lowest BCUT2D eigenvalue weighted by atomic mass is 9.86. The van der Waals surface area contributed by atoms with E-state index in [2.05, 4.69) is 31.2 Å². The fourth-order valence-electron chi connectivity index (χ4n) is 3.88. The van der Waals surface area contributed by atoms with Crippen molar-refractivity contribution < 1.29 is 18.8 Å². The third-order valence-electron chi connectivity index (χ3n) is 6.12. The summed E-state index contributed by atoms with van der Waals surface area (Å²) in [6, 6.07) is 9.40. The Hall–Kier alpha value is -2.67. The van der Waals surface area contributed by atoms with Crippen molar-refractivity contribution in [1.29, 1.82) is 0 Å². The Morgan fingerprint density at radius 3 is 2.53 bits per heavy atom. The van der Waals surface area contributed by atoms with Crippen LogP contribution in [-0.2, 0) is 16.7 Å². The van der Waals surface area contributed by atoms with Gasteiger partial charge < -0.3 is 19.5 Å². The van der Waals surface area contributed by atoms with Gasteiger partial charge in [0.2, 0.25) is 0 Å². The normalized spacial score (nSPS) is 18.5. The van der Waals surface area contributed by atoms with E-state index in [0.717, 1.165) is 19.4 Å². The SMILES string of the molecule is CC(C)(C)c1ccc(C(=O)N(Cc2cc(C(=O)NCC3CC3)no2)CC2CCCO2)cc1. The van der Waals surface area contributed by atoms with E-state index in [1.807, 2.05) is 24.3 Å². The molecule has 1 N–H and O–H groups in total. The second-order valence-electron chi connectivity index (χ2n) is 9.98. The number of nitrogens with zero attached hydrogens (tertiary/aromatic N) is 2. The number of rotatable bonds is 8. The minimum absolute atomic E-state index is 0.0111. The fraction of sp³-hybridized carbons (Fsp3) is 0.560. The van der Waals surface area contributed by atoms with Crippen molar-refractivity contribution in [2.75, 3.05) is 19.7 Å². The van der Waals surface area contributed by atoms with Gasteiger partial charge in [-0.25, -0.2) is 0 Å². The van der Waals surface area contributed by atoms with Crippen LogP contribution in [-0.4, -0.2) is 47.7 Å². The third kappa shape index (κ3) is 5.76. The number of nitrogens with one attached hydrogen (secondary N) is 1. The van der Waals surface area contributed by atoms with E-state index in [1.54, 1.807) is 11.0 Å². The molecular weight excluding hydrogens is 406 g/mol. The van der Waals surface area contributed by atoms with E-state index in [9.17, 15) is 9.59 Å². The lowest BCUT2D eigenvalue weighted by Gasteiger charge is -2.25.